The zero-order chi connectivity index (χ0) is 26.8. The molecule has 0 spiro atoms. The van der Waals surface area contributed by atoms with E-state index in [4.69, 9.17) is 0 Å². The van der Waals surface area contributed by atoms with Crippen molar-refractivity contribution in [1.82, 2.24) is 0 Å². The predicted molar refractivity (Wildman–Crippen MR) is 145 cm³/mol. The lowest BCUT2D eigenvalue weighted by Gasteiger charge is -2.49. The number of carbonyl (C=O) groups is 2. The van der Waals surface area contributed by atoms with Gasteiger partial charge in [-0.05, 0) is 41.8 Å². The van der Waals surface area contributed by atoms with Crippen molar-refractivity contribution in [2.75, 3.05) is 4.90 Å². The van der Waals surface area contributed by atoms with Crippen LogP contribution in [0.25, 0.3) is 6.08 Å². The van der Waals surface area contributed by atoms with Crippen LogP contribution in [0.1, 0.15) is 68.6 Å². The molecule has 4 heterocycles. The van der Waals surface area contributed by atoms with Gasteiger partial charge in [-0.2, -0.15) is 24.5 Å². The molecule has 0 bridgehead atoms. The summed E-state index contributed by atoms with van der Waals surface area (Å²) in [7, 11) is 0. The average Bonchev–Trinajstić information content (AvgIpc) is 3.58. The number of benzene rings is 2. The number of carbonyl (C=O) groups excluding carboxylic acids is 2. The molecule has 0 saturated heterocycles. The Morgan fingerprint density at radius 3 is 2.16 bits per heavy atom. The highest BCUT2D eigenvalue weighted by molar-refractivity contribution is 7.17. The molecule has 2 aliphatic heterocycles. The van der Waals surface area contributed by atoms with Crippen molar-refractivity contribution in [2.45, 2.75) is 37.8 Å². The largest absolute Gasteiger partial charge is 0.402 e. The molecular formula is C30H20F3NO2S2. The molecular weight excluding hydrogens is 527 g/mol. The summed E-state index contributed by atoms with van der Waals surface area (Å²) in [6.45, 7) is 5.32. The molecule has 3 aliphatic rings. The monoisotopic (exact) mass is 547 g/mol. The lowest BCUT2D eigenvalue weighted by atomic mass is 9.66. The van der Waals surface area contributed by atoms with E-state index >= 15 is 13.2 Å². The Balaban J connectivity index is 1.52. The molecule has 8 heteroatoms. The molecule has 38 heavy (non-hydrogen) atoms. The Hall–Kier alpha value is -3.49. The number of thiophene rings is 2. The number of Topliss-reactive ketones (excluding diaryl/α,β-unsaturated/α-hetero) is 2. The average molecular weight is 548 g/mol. The van der Waals surface area contributed by atoms with Crippen molar-refractivity contribution in [1.29, 1.82) is 0 Å². The SMILES string of the molecule is CC1(C)c2ccccc2N2c3sc(C=C4C(=O)c5cscc5C4=O)cc3C(C)(C(F)(F)F)c3cccc1c32. The Kier molecular flexibility index (Phi) is 4.56. The van der Waals surface area contributed by atoms with E-state index in [0.29, 0.717) is 26.7 Å². The summed E-state index contributed by atoms with van der Waals surface area (Å²) in [5.41, 5.74) is 1.48. The summed E-state index contributed by atoms with van der Waals surface area (Å²) < 4.78 is 45.3. The van der Waals surface area contributed by atoms with Crippen LogP contribution < -0.4 is 4.90 Å². The van der Waals surface area contributed by atoms with Crippen LogP contribution in [-0.2, 0) is 10.8 Å². The van der Waals surface area contributed by atoms with Gasteiger partial charge in [-0.25, -0.2) is 0 Å². The summed E-state index contributed by atoms with van der Waals surface area (Å²) >= 11 is 2.46. The van der Waals surface area contributed by atoms with E-state index in [2.05, 4.69) is 0 Å². The highest BCUT2D eigenvalue weighted by atomic mass is 32.1. The van der Waals surface area contributed by atoms with Crippen LogP contribution in [0.5, 0.6) is 0 Å². The fraction of sp³-hybridized carbons (Fsp3) is 0.200. The lowest BCUT2D eigenvalue weighted by molar-refractivity contribution is -0.173. The number of fused-ring (bicyclic) bond motifs is 5. The van der Waals surface area contributed by atoms with Gasteiger partial charge in [-0.3, -0.25) is 9.59 Å². The molecule has 0 amide bonds. The number of anilines is 3. The molecule has 7 rings (SSSR count). The van der Waals surface area contributed by atoms with Crippen molar-refractivity contribution in [3.05, 3.63) is 103 Å². The molecule has 1 aliphatic carbocycles. The highest BCUT2D eigenvalue weighted by Gasteiger charge is 2.60. The summed E-state index contributed by atoms with van der Waals surface area (Å²) in [5.74, 6) is -0.765. The minimum Gasteiger partial charge on any atom is -0.301 e. The Morgan fingerprint density at radius 1 is 0.842 bits per heavy atom. The number of alkyl halides is 3. The third kappa shape index (κ3) is 2.74. The van der Waals surface area contributed by atoms with Crippen LogP contribution in [0, 0.1) is 0 Å². The van der Waals surface area contributed by atoms with Crippen LogP contribution in [0.15, 0.2) is 64.9 Å². The normalized spacial score (nSPS) is 20.7. The van der Waals surface area contributed by atoms with Crippen LogP contribution in [-0.4, -0.2) is 17.7 Å². The third-order valence-corrected chi connectivity index (χ3v) is 10.1. The van der Waals surface area contributed by atoms with E-state index in [9.17, 15) is 9.59 Å². The first-order valence-electron chi connectivity index (χ1n) is 12.1. The second kappa shape index (κ2) is 7.33. The van der Waals surface area contributed by atoms with E-state index in [1.807, 2.05) is 49.1 Å². The maximum absolute atomic E-state index is 15.1. The molecule has 0 N–H and O–H groups in total. The zero-order valence-electron chi connectivity index (χ0n) is 20.6. The van der Waals surface area contributed by atoms with Gasteiger partial charge >= 0.3 is 6.18 Å². The summed E-state index contributed by atoms with van der Waals surface area (Å²) in [5, 5.41) is 3.73. The summed E-state index contributed by atoms with van der Waals surface area (Å²) in [6.07, 6.45) is -3.13. The van der Waals surface area contributed by atoms with Gasteiger partial charge in [0.25, 0.3) is 0 Å². The number of ketones is 2. The van der Waals surface area contributed by atoms with Gasteiger partial charge in [0.2, 0.25) is 0 Å². The van der Waals surface area contributed by atoms with Crippen molar-refractivity contribution in [3.63, 3.8) is 0 Å². The van der Waals surface area contributed by atoms with E-state index < -0.39 is 17.0 Å². The third-order valence-electron chi connectivity index (χ3n) is 8.26. The summed E-state index contributed by atoms with van der Waals surface area (Å²) in [4.78, 5) is 28.2. The van der Waals surface area contributed by atoms with Crippen LogP contribution >= 0.6 is 22.7 Å². The van der Waals surface area contributed by atoms with Crippen LogP contribution in [0.4, 0.5) is 29.5 Å². The first-order valence-corrected chi connectivity index (χ1v) is 13.8. The fourth-order valence-electron chi connectivity index (χ4n) is 6.13. The number of allylic oxidation sites excluding steroid dienone is 1. The first-order chi connectivity index (χ1) is 18.0. The van der Waals surface area contributed by atoms with Crippen LogP contribution in [0.2, 0.25) is 0 Å². The maximum atomic E-state index is 15.1. The molecule has 2 aromatic heterocycles. The van der Waals surface area contributed by atoms with Gasteiger partial charge in [0.15, 0.2) is 11.6 Å². The van der Waals surface area contributed by atoms with Gasteiger partial charge in [0, 0.05) is 37.7 Å². The molecule has 1 atom stereocenters. The molecule has 3 nitrogen and oxygen atoms in total. The molecule has 0 saturated carbocycles. The lowest BCUT2D eigenvalue weighted by Crippen LogP contribution is -2.46. The van der Waals surface area contributed by atoms with Gasteiger partial charge in [0.1, 0.15) is 10.4 Å². The number of nitrogens with zero attached hydrogens (tertiary/aromatic N) is 1. The topological polar surface area (TPSA) is 37.4 Å². The van der Waals surface area contributed by atoms with Crippen LogP contribution in [0.3, 0.4) is 0 Å². The molecule has 0 radical (unpaired) electrons. The van der Waals surface area contributed by atoms with Crippen molar-refractivity contribution in [2.24, 2.45) is 0 Å². The number of hydrogen-bond donors (Lipinski definition) is 0. The van der Waals surface area contributed by atoms with Gasteiger partial charge in [-0.1, -0.05) is 50.2 Å². The van der Waals surface area contributed by atoms with Gasteiger partial charge < -0.3 is 4.90 Å². The first kappa shape index (κ1) is 23.6. The number of para-hydroxylation sites is 2. The summed E-state index contributed by atoms with van der Waals surface area (Å²) in [6, 6.07) is 14.5. The Labute approximate surface area is 224 Å². The van der Waals surface area contributed by atoms with E-state index in [1.165, 1.54) is 41.7 Å². The quantitative estimate of drug-likeness (QED) is 0.177. The second-order valence-corrected chi connectivity index (χ2v) is 12.4. The molecule has 1 unspecified atom stereocenters. The number of hydrogen-bond acceptors (Lipinski definition) is 5. The minimum atomic E-state index is -4.58. The number of rotatable bonds is 1. The Morgan fingerprint density at radius 2 is 1.47 bits per heavy atom. The minimum absolute atomic E-state index is 0.00603. The standard InChI is InChI=1S/C30H20F3NO2S2/c1-28(2)19-7-4-5-10-23(19)34-24-20(28)8-6-9-21(24)29(3,30(31,32)33)22-12-15(38-27(22)34)11-16-25(35)17-13-37-14-18(17)26(16)36/h4-14H,1-3H3. The predicted octanol–water partition coefficient (Wildman–Crippen LogP) is 8.56. The highest BCUT2D eigenvalue weighted by Crippen LogP contribution is 2.64. The molecule has 0 fully saturated rings. The smallest absolute Gasteiger partial charge is 0.301 e. The second-order valence-electron chi connectivity index (χ2n) is 10.6. The zero-order valence-corrected chi connectivity index (χ0v) is 22.2. The van der Waals surface area contributed by atoms with Gasteiger partial charge in [0.05, 0.1) is 16.9 Å². The molecule has 2 aromatic carbocycles. The van der Waals surface area contributed by atoms with Gasteiger partial charge in [-0.15, -0.1) is 11.3 Å². The van der Waals surface area contributed by atoms with E-state index in [-0.39, 0.29) is 28.3 Å². The molecule has 4 aromatic rings. The number of halogens is 3. The van der Waals surface area contributed by atoms with E-state index in [0.717, 1.165) is 16.8 Å². The maximum Gasteiger partial charge on any atom is 0.402 e. The van der Waals surface area contributed by atoms with Crippen molar-refractivity contribution < 1.29 is 22.8 Å². The van der Waals surface area contributed by atoms with Crippen molar-refractivity contribution in [3.8, 4) is 0 Å². The fourth-order valence-corrected chi connectivity index (χ4v) is 8.17. The van der Waals surface area contributed by atoms with E-state index in [1.54, 1.807) is 22.9 Å². The van der Waals surface area contributed by atoms with Crippen molar-refractivity contribution >= 4 is 56.7 Å². The molecule has 190 valence electrons. The Bertz CT molecular complexity index is 1720.